The monoisotopic (exact) mass is 288 g/mol. The summed E-state index contributed by atoms with van der Waals surface area (Å²) in [5, 5.41) is 15.0. The molecule has 1 N–H and O–H groups in total. The van der Waals surface area contributed by atoms with Gasteiger partial charge in [0.15, 0.2) is 0 Å². The lowest BCUT2D eigenvalue weighted by molar-refractivity contribution is -0.384. The Morgan fingerprint density at radius 3 is 2.62 bits per heavy atom. The van der Waals surface area contributed by atoms with Gasteiger partial charge in [-0.1, -0.05) is 20.8 Å². The highest BCUT2D eigenvalue weighted by Gasteiger charge is 2.24. The van der Waals surface area contributed by atoms with Crippen LogP contribution >= 0.6 is 0 Å². The molecule has 0 aliphatic heterocycles. The molecule has 0 spiro atoms. The number of nitro benzene ring substituents is 1. The Bertz CT molecular complexity index is 664. The lowest BCUT2D eigenvalue weighted by Gasteiger charge is -2.30. The van der Waals surface area contributed by atoms with Gasteiger partial charge in [0.05, 0.1) is 16.1 Å². The first kappa shape index (κ1) is 15.3. The Morgan fingerprint density at radius 2 is 2.05 bits per heavy atom. The van der Waals surface area contributed by atoms with Crippen LogP contribution in [0.25, 0.3) is 10.9 Å². The van der Waals surface area contributed by atoms with Gasteiger partial charge in [-0.25, -0.2) is 9.97 Å². The smallest absolute Gasteiger partial charge is 0.270 e. The molecule has 0 radical (unpaired) electrons. The zero-order chi connectivity index (χ0) is 15.6. The Hall–Kier alpha value is -2.08. The number of hydrogen-bond donors (Lipinski definition) is 1. The molecule has 0 amide bonds. The molecule has 6 nitrogen and oxygen atoms in total. The fourth-order valence-electron chi connectivity index (χ4n) is 2.41. The van der Waals surface area contributed by atoms with Crippen LogP contribution in [0.5, 0.6) is 0 Å². The lowest BCUT2D eigenvalue weighted by Crippen LogP contribution is -2.40. The minimum atomic E-state index is -0.393. The predicted octanol–water partition coefficient (Wildman–Crippen LogP) is 2.71. The fourth-order valence-corrected chi connectivity index (χ4v) is 2.41. The summed E-state index contributed by atoms with van der Waals surface area (Å²) in [5.41, 5.74) is 1.69. The van der Waals surface area contributed by atoms with Crippen LogP contribution in [0.3, 0.4) is 0 Å². The van der Waals surface area contributed by atoms with Crippen molar-refractivity contribution in [3.05, 3.63) is 40.3 Å². The topological polar surface area (TPSA) is 81.0 Å². The normalized spacial score (nSPS) is 13.3. The Balaban J connectivity index is 2.48. The van der Waals surface area contributed by atoms with E-state index < -0.39 is 4.92 Å². The van der Waals surface area contributed by atoms with Gasteiger partial charge < -0.3 is 5.32 Å². The van der Waals surface area contributed by atoms with E-state index in [0.717, 1.165) is 16.6 Å². The number of benzene rings is 1. The van der Waals surface area contributed by atoms with Crippen LogP contribution in [-0.4, -0.2) is 28.0 Å². The molecular formula is C15H20N4O2. The van der Waals surface area contributed by atoms with Gasteiger partial charge in [0.25, 0.3) is 5.69 Å². The van der Waals surface area contributed by atoms with Gasteiger partial charge in [-0.05, 0) is 18.5 Å². The summed E-state index contributed by atoms with van der Waals surface area (Å²) >= 11 is 0. The highest BCUT2D eigenvalue weighted by atomic mass is 16.6. The number of nitro groups is 1. The summed E-state index contributed by atoms with van der Waals surface area (Å²) in [4.78, 5) is 19.1. The van der Waals surface area contributed by atoms with Gasteiger partial charge >= 0.3 is 0 Å². The largest absolute Gasteiger partial charge is 0.316 e. The third kappa shape index (κ3) is 3.33. The van der Waals surface area contributed by atoms with E-state index in [1.165, 1.54) is 12.4 Å². The molecule has 0 fully saturated rings. The number of nitrogens with one attached hydrogen (secondary N) is 1. The van der Waals surface area contributed by atoms with E-state index in [0.29, 0.717) is 6.42 Å². The van der Waals surface area contributed by atoms with E-state index >= 15 is 0 Å². The van der Waals surface area contributed by atoms with E-state index in [9.17, 15) is 10.1 Å². The van der Waals surface area contributed by atoms with Gasteiger partial charge in [-0.15, -0.1) is 0 Å². The average molecular weight is 288 g/mol. The molecular weight excluding hydrogens is 268 g/mol. The zero-order valence-corrected chi connectivity index (χ0v) is 12.8. The predicted molar refractivity (Wildman–Crippen MR) is 82.2 cm³/mol. The molecule has 2 rings (SSSR count). The second-order valence-electron chi connectivity index (χ2n) is 6.19. The quantitative estimate of drug-likeness (QED) is 0.691. The van der Waals surface area contributed by atoms with Gasteiger partial charge in [-0.2, -0.15) is 0 Å². The summed E-state index contributed by atoms with van der Waals surface area (Å²) in [5.74, 6) is 0. The van der Waals surface area contributed by atoms with Crippen molar-refractivity contribution in [2.75, 3.05) is 7.05 Å². The van der Waals surface area contributed by atoms with Crippen molar-refractivity contribution < 1.29 is 4.92 Å². The highest BCUT2D eigenvalue weighted by Crippen LogP contribution is 2.26. The molecule has 1 unspecified atom stereocenters. The van der Waals surface area contributed by atoms with Crippen LogP contribution in [0.15, 0.2) is 24.5 Å². The van der Waals surface area contributed by atoms with Crippen LogP contribution in [0.1, 0.15) is 26.5 Å². The third-order valence-electron chi connectivity index (χ3n) is 3.70. The first-order chi connectivity index (χ1) is 9.82. The zero-order valence-electron chi connectivity index (χ0n) is 12.8. The standard InChI is InChI=1S/C15H20N4O2/c1-15(2,3)14(16-4)8-13-11-7-10(19(20)21)5-6-12(11)17-9-18-13/h5-7,9,14,16H,8H2,1-4H3. The number of non-ortho nitro benzene ring substituents is 1. The number of nitrogens with zero attached hydrogens (tertiary/aromatic N) is 3. The van der Waals surface area contributed by atoms with Crippen molar-refractivity contribution in [2.45, 2.75) is 33.2 Å². The lowest BCUT2D eigenvalue weighted by atomic mass is 9.83. The molecule has 112 valence electrons. The van der Waals surface area contributed by atoms with Gasteiger partial charge in [0.2, 0.25) is 0 Å². The van der Waals surface area contributed by atoms with E-state index in [4.69, 9.17) is 0 Å². The molecule has 0 aliphatic carbocycles. The molecule has 1 aromatic heterocycles. The second kappa shape index (κ2) is 5.73. The molecule has 0 saturated carbocycles. The second-order valence-corrected chi connectivity index (χ2v) is 6.19. The molecule has 1 aromatic carbocycles. The number of rotatable bonds is 4. The average Bonchev–Trinajstić information content (AvgIpc) is 2.42. The molecule has 0 bridgehead atoms. The maximum atomic E-state index is 10.9. The number of hydrogen-bond acceptors (Lipinski definition) is 5. The van der Waals surface area contributed by atoms with Gasteiger partial charge in [0, 0.05) is 30.0 Å². The number of aromatic nitrogens is 2. The molecule has 0 aliphatic rings. The van der Waals surface area contributed by atoms with E-state index in [-0.39, 0.29) is 17.1 Å². The van der Waals surface area contributed by atoms with Gasteiger partial charge in [-0.3, -0.25) is 10.1 Å². The summed E-state index contributed by atoms with van der Waals surface area (Å²) in [6.07, 6.45) is 2.21. The summed E-state index contributed by atoms with van der Waals surface area (Å²) in [6, 6.07) is 4.91. The summed E-state index contributed by atoms with van der Waals surface area (Å²) in [6.45, 7) is 6.46. The first-order valence-corrected chi connectivity index (χ1v) is 6.88. The molecule has 0 saturated heterocycles. The van der Waals surface area contributed by atoms with E-state index in [2.05, 4.69) is 36.1 Å². The van der Waals surface area contributed by atoms with Crippen molar-refractivity contribution in [2.24, 2.45) is 5.41 Å². The maximum absolute atomic E-state index is 10.9. The fraction of sp³-hybridized carbons (Fsp3) is 0.467. The molecule has 1 atom stereocenters. The summed E-state index contributed by atoms with van der Waals surface area (Å²) in [7, 11) is 1.92. The Morgan fingerprint density at radius 1 is 1.33 bits per heavy atom. The van der Waals surface area contributed by atoms with Crippen molar-refractivity contribution in [3.8, 4) is 0 Å². The maximum Gasteiger partial charge on any atom is 0.270 e. The molecule has 2 aromatic rings. The number of fused-ring (bicyclic) bond motifs is 1. The Kier molecular flexibility index (Phi) is 4.18. The highest BCUT2D eigenvalue weighted by molar-refractivity contribution is 5.83. The minimum Gasteiger partial charge on any atom is -0.316 e. The van der Waals surface area contributed by atoms with Crippen LogP contribution < -0.4 is 5.32 Å². The van der Waals surface area contributed by atoms with Crippen LogP contribution in [0.2, 0.25) is 0 Å². The molecule has 1 heterocycles. The van der Waals surface area contributed by atoms with Crippen LogP contribution in [0.4, 0.5) is 5.69 Å². The molecule has 21 heavy (non-hydrogen) atoms. The first-order valence-electron chi connectivity index (χ1n) is 6.88. The SMILES string of the molecule is CNC(Cc1ncnc2ccc([N+](=O)[O-])cc12)C(C)(C)C. The van der Waals surface area contributed by atoms with Crippen molar-refractivity contribution in [1.29, 1.82) is 0 Å². The number of likely N-dealkylation sites (N-methyl/N-ethyl adjacent to an activating group) is 1. The summed E-state index contributed by atoms with van der Waals surface area (Å²) < 4.78 is 0. The molecule has 6 heteroatoms. The van der Waals surface area contributed by atoms with Crippen LogP contribution in [0, 0.1) is 15.5 Å². The third-order valence-corrected chi connectivity index (χ3v) is 3.70. The van der Waals surface area contributed by atoms with Gasteiger partial charge in [0.1, 0.15) is 6.33 Å². The van der Waals surface area contributed by atoms with Crippen molar-refractivity contribution in [1.82, 2.24) is 15.3 Å². The van der Waals surface area contributed by atoms with E-state index in [1.807, 2.05) is 7.05 Å². The van der Waals surface area contributed by atoms with Crippen molar-refractivity contribution in [3.63, 3.8) is 0 Å². The van der Waals surface area contributed by atoms with E-state index in [1.54, 1.807) is 12.1 Å². The van der Waals surface area contributed by atoms with Crippen molar-refractivity contribution >= 4 is 16.6 Å². The minimum absolute atomic E-state index is 0.0622. The van der Waals surface area contributed by atoms with Crippen LogP contribution in [-0.2, 0) is 6.42 Å². The Labute approximate surface area is 123 Å².